The molecular weight excluding hydrogens is 347 g/mol. The molecule has 0 unspecified atom stereocenters. The predicted molar refractivity (Wildman–Crippen MR) is 90.1 cm³/mol. The van der Waals surface area contributed by atoms with E-state index in [9.17, 15) is 13.2 Å². The van der Waals surface area contributed by atoms with Crippen molar-refractivity contribution < 1.29 is 27.4 Å². The quantitative estimate of drug-likeness (QED) is 0.744. The molecular formula is C19H14F3NO3. The summed E-state index contributed by atoms with van der Waals surface area (Å²) in [5.41, 5.74) is 3.45. The summed E-state index contributed by atoms with van der Waals surface area (Å²) in [6.45, 7) is 0. The highest BCUT2D eigenvalue weighted by Gasteiger charge is 2.30. The van der Waals surface area contributed by atoms with Crippen molar-refractivity contribution >= 4 is 11.6 Å². The highest BCUT2D eigenvalue weighted by atomic mass is 19.4. The van der Waals surface area contributed by atoms with Crippen LogP contribution in [-0.4, -0.2) is 20.1 Å². The third-order valence-electron chi connectivity index (χ3n) is 3.70. The molecule has 0 atom stereocenters. The molecule has 0 bridgehead atoms. The van der Waals surface area contributed by atoms with Gasteiger partial charge < -0.3 is 14.2 Å². The molecule has 2 aromatic carbocycles. The van der Waals surface area contributed by atoms with Gasteiger partial charge in [-0.25, -0.2) is 4.99 Å². The van der Waals surface area contributed by atoms with Gasteiger partial charge in [-0.3, -0.25) is 0 Å². The lowest BCUT2D eigenvalue weighted by Gasteiger charge is -2.14. The van der Waals surface area contributed by atoms with Crippen LogP contribution in [0.2, 0.25) is 0 Å². The van der Waals surface area contributed by atoms with E-state index in [1.807, 2.05) is 0 Å². The van der Waals surface area contributed by atoms with Crippen LogP contribution in [0, 0.1) is 0 Å². The van der Waals surface area contributed by atoms with Crippen LogP contribution in [0.4, 0.5) is 13.2 Å². The summed E-state index contributed by atoms with van der Waals surface area (Å²) in [5, 5.41) is 0. The van der Waals surface area contributed by atoms with E-state index >= 15 is 0 Å². The Bertz CT molecular complexity index is 909. The molecule has 1 aliphatic heterocycles. The first-order valence-electron chi connectivity index (χ1n) is 7.53. The molecule has 0 saturated heterocycles. The highest BCUT2D eigenvalue weighted by Crippen LogP contribution is 2.31. The van der Waals surface area contributed by atoms with Crippen LogP contribution in [0.5, 0.6) is 11.5 Å². The normalized spacial score (nSPS) is 13.6. The van der Waals surface area contributed by atoms with Gasteiger partial charge >= 0.3 is 6.18 Å². The lowest BCUT2D eigenvalue weighted by atomic mass is 10.1. The Morgan fingerprint density at radius 2 is 1.73 bits per heavy atom. The number of ether oxygens (including phenoxy) is 3. The van der Waals surface area contributed by atoms with Gasteiger partial charge in [0.1, 0.15) is 23.5 Å². The maximum Gasteiger partial charge on any atom is 0.416 e. The summed E-state index contributed by atoms with van der Waals surface area (Å²) in [6.07, 6.45) is -3.09. The number of aliphatic imine (C=N–C) groups is 1. The Morgan fingerprint density at radius 3 is 2.35 bits per heavy atom. The number of alkyl halides is 3. The monoisotopic (exact) mass is 361 g/mol. The van der Waals surface area contributed by atoms with Gasteiger partial charge in [-0.15, -0.1) is 0 Å². The smallest absolute Gasteiger partial charge is 0.416 e. The molecule has 0 spiro atoms. The third-order valence-corrected chi connectivity index (χ3v) is 3.70. The summed E-state index contributed by atoms with van der Waals surface area (Å²) in [6, 6.07) is 9.82. The molecule has 1 aliphatic rings. The maximum atomic E-state index is 12.7. The van der Waals surface area contributed by atoms with E-state index in [-0.39, 0.29) is 5.90 Å². The van der Waals surface area contributed by atoms with Crippen LogP contribution in [0.3, 0.4) is 0 Å². The fourth-order valence-corrected chi connectivity index (χ4v) is 2.37. The number of rotatable bonds is 4. The first-order valence-corrected chi connectivity index (χ1v) is 7.53. The molecule has 0 N–H and O–H groups in total. The number of hydrogen-bond donors (Lipinski definition) is 0. The van der Waals surface area contributed by atoms with Gasteiger partial charge in [-0.1, -0.05) is 17.9 Å². The first-order chi connectivity index (χ1) is 12.4. The van der Waals surface area contributed by atoms with Gasteiger partial charge in [0.15, 0.2) is 0 Å². The average Bonchev–Trinajstić information content (AvgIpc) is 2.67. The molecule has 26 heavy (non-hydrogen) atoms. The Balaban J connectivity index is 1.97. The zero-order chi connectivity index (χ0) is 18.7. The highest BCUT2D eigenvalue weighted by molar-refractivity contribution is 6.01. The summed E-state index contributed by atoms with van der Waals surface area (Å²) >= 11 is 0. The minimum atomic E-state index is -4.39. The van der Waals surface area contributed by atoms with Crippen molar-refractivity contribution in [1.29, 1.82) is 0 Å². The van der Waals surface area contributed by atoms with E-state index in [1.54, 1.807) is 18.2 Å². The zero-order valence-electron chi connectivity index (χ0n) is 13.9. The fourth-order valence-electron chi connectivity index (χ4n) is 2.37. The number of nitrogens with zero attached hydrogens (tertiary/aromatic N) is 1. The Labute approximate surface area is 147 Å². The fraction of sp³-hybridized carbons (Fsp3) is 0.158. The number of benzene rings is 2. The summed E-state index contributed by atoms with van der Waals surface area (Å²) < 4.78 is 54.0. The van der Waals surface area contributed by atoms with E-state index in [2.05, 4.69) is 10.7 Å². The lowest BCUT2D eigenvalue weighted by Crippen LogP contribution is -2.08. The predicted octanol–water partition coefficient (Wildman–Crippen LogP) is 4.65. The van der Waals surface area contributed by atoms with Crippen LogP contribution in [0.15, 0.2) is 59.5 Å². The van der Waals surface area contributed by atoms with Crippen molar-refractivity contribution in [1.82, 2.24) is 0 Å². The number of hydrogen-bond acceptors (Lipinski definition) is 4. The second kappa shape index (κ2) is 6.98. The van der Waals surface area contributed by atoms with E-state index in [4.69, 9.17) is 14.2 Å². The molecule has 3 rings (SSSR count). The molecule has 0 aliphatic carbocycles. The second-order valence-corrected chi connectivity index (χ2v) is 5.29. The van der Waals surface area contributed by atoms with Crippen molar-refractivity contribution in [2.45, 2.75) is 6.18 Å². The lowest BCUT2D eigenvalue weighted by molar-refractivity contribution is -0.137. The van der Waals surface area contributed by atoms with Gasteiger partial charge in [-0.05, 0) is 30.3 Å². The minimum absolute atomic E-state index is 0.231. The number of halogens is 3. The van der Waals surface area contributed by atoms with Crippen molar-refractivity contribution in [2.75, 3.05) is 14.2 Å². The van der Waals surface area contributed by atoms with Crippen LogP contribution in [-0.2, 0) is 10.9 Å². The van der Waals surface area contributed by atoms with E-state index in [0.29, 0.717) is 28.3 Å². The largest absolute Gasteiger partial charge is 0.497 e. The molecule has 0 amide bonds. The molecule has 2 aromatic rings. The van der Waals surface area contributed by atoms with E-state index in [1.165, 1.54) is 32.6 Å². The van der Waals surface area contributed by atoms with Gasteiger partial charge in [0.05, 0.1) is 25.3 Å². The Kier molecular flexibility index (Phi) is 4.73. The third kappa shape index (κ3) is 3.58. The summed E-state index contributed by atoms with van der Waals surface area (Å²) in [7, 11) is 3.04. The maximum absolute atomic E-state index is 12.7. The Hall–Kier alpha value is -3.18. The standard InChI is InChI=1S/C19H14F3NO3/c1-24-14-7-8-17(25-2)15(11-14)18-23-16(9-10-26-18)12-3-5-13(6-4-12)19(20,21)22/h3-8,10-11H,1-2H3. The molecule has 1 heterocycles. The van der Waals surface area contributed by atoms with Crippen LogP contribution in [0.1, 0.15) is 16.7 Å². The van der Waals surface area contributed by atoms with E-state index in [0.717, 1.165) is 12.1 Å². The van der Waals surface area contributed by atoms with Crippen molar-refractivity contribution in [2.24, 2.45) is 4.99 Å². The van der Waals surface area contributed by atoms with Crippen LogP contribution < -0.4 is 9.47 Å². The summed E-state index contributed by atoms with van der Waals surface area (Å²) in [5.74, 6) is 1.34. The van der Waals surface area contributed by atoms with Crippen molar-refractivity contribution in [3.63, 3.8) is 0 Å². The molecule has 0 aromatic heterocycles. The molecule has 0 saturated carbocycles. The van der Waals surface area contributed by atoms with Crippen molar-refractivity contribution in [3.8, 4) is 11.5 Å². The minimum Gasteiger partial charge on any atom is -0.497 e. The second-order valence-electron chi connectivity index (χ2n) is 5.29. The molecule has 4 nitrogen and oxygen atoms in total. The molecule has 7 heteroatoms. The average molecular weight is 361 g/mol. The van der Waals surface area contributed by atoms with Gasteiger partial charge in [0, 0.05) is 5.56 Å². The SMILES string of the molecule is COc1ccc(OC)c(C2=NC(c3ccc(C(F)(F)F)cc3)=C=CO2)c1. The number of methoxy groups -OCH3 is 2. The molecule has 0 fully saturated rings. The van der Waals surface area contributed by atoms with E-state index < -0.39 is 11.7 Å². The Morgan fingerprint density at radius 1 is 1.00 bits per heavy atom. The van der Waals surface area contributed by atoms with Crippen LogP contribution >= 0.6 is 0 Å². The molecule has 134 valence electrons. The zero-order valence-corrected chi connectivity index (χ0v) is 13.9. The summed E-state index contributed by atoms with van der Waals surface area (Å²) in [4.78, 5) is 4.35. The van der Waals surface area contributed by atoms with Crippen LogP contribution in [0.25, 0.3) is 5.70 Å². The van der Waals surface area contributed by atoms with Gasteiger partial charge in [0.25, 0.3) is 0 Å². The first kappa shape index (κ1) is 17.6. The van der Waals surface area contributed by atoms with Gasteiger partial charge in [-0.2, -0.15) is 13.2 Å². The molecule has 0 radical (unpaired) electrons. The van der Waals surface area contributed by atoms with Crippen molar-refractivity contribution in [3.05, 3.63) is 71.1 Å². The van der Waals surface area contributed by atoms with Gasteiger partial charge in [0.2, 0.25) is 5.90 Å². The topological polar surface area (TPSA) is 40.0 Å².